The van der Waals surface area contributed by atoms with Crippen molar-refractivity contribution in [3.8, 4) is 0 Å². The van der Waals surface area contributed by atoms with E-state index in [1.54, 1.807) is 7.05 Å². The molecule has 3 aromatic rings. The molecule has 6 heteroatoms. The van der Waals surface area contributed by atoms with E-state index in [0.29, 0.717) is 13.0 Å². The molecule has 0 radical (unpaired) electrons. The van der Waals surface area contributed by atoms with E-state index >= 15 is 0 Å². The predicted octanol–water partition coefficient (Wildman–Crippen LogP) is 3.07. The number of aromatic nitrogens is 1. The van der Waals surface area contributed by atoms with Crippen LogP contribution in [0.25, 0.3) is 10.9 Å². The van der Waals surface area contributed by atoms with Gasteiger partial charge in [-0.15, -0.1) is 0 Å². The number of aliphatic imine (C=N–C) groups is 1. The maximum Gasteiger partial charge on any atom is 0.225 e. The predicted molar refractivity (Wildman–Crippen MR) is 117 cm³/mol. The number of guanidine groups is 1. The third-order valence-corrected chi connectivity index (χ3v) is 5.25. The van der Waals surface area contributed by atoms with Crippen molar-refractivity contribution in [1.29, 1.82) is 0 Å². The molecule has 0 saturated heterocycles. The van der Waals surface area contributed by atoms with Crippen molar-refractivity contribution in [2.45, 2.75) is 18.8 Å². The van der Waals surface area contributed by atoms with Gasteiger partial charge in [-0.1, -0.05) is 42.5 Å². The van der Waals surface area contributed by atoms with Crippen molar-refractivity contribution in [3.05, 3.63) is 71.9 Å². The smallest absolute Gasteiger partial charge is 0.225 e. The molecule has 29 heavy (non-hydrogen) atoms. The van der Waals surface area contributed by atoms with Gasteiger partial charge in [0.2, 0.25) is 5.91 Å². The summed E-state index contributed by atoms with van der Waals surface area (Å²) in [6.07, 6.45) is 3.16. The van der Waals surface area contributed by atoms with Crippen LogP contribution >= 0.6 is 0 Å². The second-order valence-electron chi connectivity index (χ2n) is 7.16. The number of para-hydroxylation sites is 2. The van der Waals surface area contributed by atoms with Gasteiger partial charge >= 0.3 is 0 Å². The lowest BCUT2D eigenvalue weighted by atomic mass is 9.90. The Balaban J connectivity index is 1.34. The molecule has 0 spiro atoms. The molecule has 148 valence electrons. The molecule has 1 aromatic heterocycles. The normalized spacial score (nSPS) is 16.2. The monoisotopic (exact) mass is 387 g/mol. The highest BCUT2D eigenvalue weighted by molar-refractivity contribution is 5.94. The van der Waals surface area contributed by atoms with Crippen LogP contribution < -0.4 is 16.0 Å². The molecule has 1 amide bonds. The van der Waals surface area contributed by atoms with Crippen molar-refractivity contribution >= 4 is 28.5 Å². The van der Waals surface area contributed by atoms with Crippen LogP contribution in [0.3, 0.4) is 0 Å². The van der Waals surface area contributed by atoms with Gasteiger partial charge in [0.15, 0.2) is 5.96 Å². The van der Waals surface area contributed by atoms with E-state index in [1.807, 2.05) is 30.5 Å². The summed E-state index contributed by atoms with van der Waals surface area (Å²) in [5.74, 6) is 0.921. The van der Waals surface area contributed by atoms with Gasteiger partial charge in [-0.2, -0.15) is 0 Å². The zero-order valence-corrected chi connectivity index (χ0v) is 16.5. The Bertz CT molecular complexity index is 1040. The van der Waals surface area contributed by atoms with Crippen molar-refractivity contribution < 1.29 is 4.79 Å². The van der Waals surface area contributed by atoms with E-state index in [0.717, 1.165) is 41.1 Å². The highest BCUT2D eigenvalue weighted by atomic mass is 16.1. The number of carbonyl (C=O) groups excluding carboxylic acids is 1. The zero-order chi connectivity index (χ0) is 20.1. The van der Waals surface area contributed by atoms with Gasteiger partial charge in [-0.05, 0) is 29.7 Å². The minimum Gasteiger partial charge on any atom is -0.356 e. The lowest BCUT2D eigenvalue weighted by Gasteiger charge is -2.26. The molecule has 0 fully saturated rings. The molecule has 0 saturated carbocycles. The molecular formula is C23H25N5O. The molecular weight excluding hydrogens is 362 g/mol. The molecule has 1 unspecified atom stereocenters. The molecule has 6 nitrogen and oxygen atoms in total. The number of nitrogens with one attached hydrogen (secondary N) is 3. The first-order chi connectivity index (χ1) is 14.2. The summed E-state index contributed by atoms with van der Waals surface area (Å²) in [7, 11) is 1.76. The number of fused-ring (bicyclic) bond motifs is 2. The minimum atomic E-state index is 0.0573. The first kappa shape index (κ1) is 18.9. The van der Waals surface area contributed by atoms with Crippen LogP contribution in [0.4, 0.5) is 5.69 Å². The Morgan fingerprint density at radius 1 is 1.14 bits per heavy atom. The summed E-state index contributed by atoms with van der Waals surface area (Å²) in [5.41, 5.74) is 4.33. The largest absolute Gasteiger partial charge is 0.356 e. The number of rotatable bonds is 5. The number of nitrogens with zero attached hydrogens (tertiary/aromatic N) is 2. The molecule has 0 bridgehead atoms. The van der Waals surface area contributed by atoms with Crippen LogP contribution in [-0.4, -0.2) is 37.0 Å². The fraction of sp³-hybridized carbons (Fsp3) is 0.261. The third-order valence-electron chi connectivity index (χ3n) is 5.25. The summed E-state index contributed by atoms with van der Waals surface area (Å²) in [6, 6.07) is 18.3. The second-order valence-corrected chi connectivity index (χ2v) is 7.16. The minimum absolute atomic E-state index is 0.0573. The van der Waals surface area contributed by atoms with Crippen molar-refractivity contribution in [3.63, 3.8) is 0 Å². The topological polar surface area (TPSA) is 78.4 Å². The van der Waals surface area contributed by atoms with Gasteiger partial charge in [0, 0.05) is 49.7 Å². The van der Waals surface area contributed by atoms with E-state index in [4.69, 9.17) is 0 Å². The molecule has 0 aliphatic carbocycles. The second kappa shape index (κ2) is 8.73. The Morgan fingerprint density at radius 3 is 2.90 bits per heavy atom. The zero-order valence-electron chi connectivity index (χ0n) is 16.5. The van der Waals surface area contributed by atoms with E-state index in [-0.39, 0.29) is 11.8 Å². The highest BCUT2D eigenvalue weighted by Gasteiger charge is 2.24. The Kier molecular flexibility index (Phi) is 5.70. The van der Waals surface area contributed by atoms with Crippen molar-refractivity contribution in [1.82, 2.24) is 15.6 Å². The number of amides is 1. The average molecular weight is 387 g/mol. The van der Waals surface area contributed by atoms with E-state index in [2.05, 4.69) is 56.3 Å². The summed E-state index contributed by atoms with van der Waals surface area (Å²) >= 11 is 0. The maximum atomic E-state index is 12.0. The van der Waals surface area contributed by atoms with Gasteiger partial charge in [-0.25, -0.2) is 0 Å². The third kappa shape index (κ3) is 4.37. The highest BCUT2D eigenvalue weighted by Crippen LogP contribution is 2.31. The molecule has 4 rings (SSSR count). The van der Waals surface area contributed by atoms with Crippen LogP contribution in [-0.2, 0) is 11.2 Å². The maximum absolute atomic E-state index is 12.0. The van der Waals surface area contributed by atoms with Crippen LogP contribution in [0.1, 0.15) is 23.5 Å². The van der Waals surface area contributed by atoms with Gasteiger partial charge in [0.1, 0.15) is 0 Å². The lowest BCUT2D eigenvalue weighted by Crippen LogP contribution is -2.41. The Morgan fingerprint density at radius 2 is 2.00 bits per heavy atom. The Labute approximate surface area is 170 Å². The van der Waals surface area contributed by atoms with E-state index in [9.17, 15) is 4.79 Å². The summed E-state index contributed by atoms with van der Waals surface area (Å²) in [4.78, 5) is 20.8. The molecule has 1 aliphatic heterocycles. The average Bonchev–Trinajstić information content (AvgIpc) is 2.76. The molecule has 1 atom stereocenters. The summed E-state index contributed by atoms with van der Waals surface area (Å²) in [6.45, 7) is 1.40. The number of pyridine rings is 1. The Hall–Kier alpha value is -3.41. The number of anilines is 1. The fourth-order valence-corrected chi connectivity index (χ4v) is 3.81. The van der Waals surface area contributed by atoms with Crippen LogP contribution in [0.15, 0.2) is 65.8 Å². The van der Waals surface area contributed by atoms with Gasteiger partial charge in [0.25, 0.3) is 0 Å². The SMILES string of the molecule is CN=C(NCCc1cccc2cccnc12)NCC1CC(=O)Nc2ccccc21. The van der Waals surface area contributed by atoms with Crippen LogP contribution in [0.2, 0.25) is 0 Å². The summed E-state index contributed by atoms with van der Waals surface area (Å²) in [5, 5.41) is 10.8. The molecule has 1 aliphatic rings. The van der Waals surface area contributed by atoms with Gasteiger partial charge in [0.05, 0.1) is 5.52 Å². The first-order valence-corrected chi connectivity index (χ1v) is 9.90. The van der Waals surface area contributed by atoms with Crippen LogP contribution in [0.5, 0.6) is 0 Å². The van der Waals surface area contributed by atoms with Crippen LogP contribution in [0, 0.1) is 0 Å². The van der Waals surface area contributed by atoms with Crippen molar-refractivity contribution in [2.24, 2.45) is 4.99 Å². The quantitative estimate of drug-likeness (QED) is 0.464. The van der Waals surface area contributed by atoms with E-state index in [1.165, 1.54) is 5.56 Å². The number of benzene rings is 2. The number of hydrogen-bond donors (Lipinski definition) is 3. The standard InChI is InChI=1S/C23H25N5O/c1-24-23(26-13-11-17-7-4-6-16-8-5-12-25-22(16)17)27-15-18-14-21(29)28-20-10-3-2-9-19(18)20/h2-10,12,18H,11,13-15H2,1H3,(H,28,29)(H2,24,26,27). The van der Waals surface area contributed by atoms with Crippen molar-refractivity contribution in [2.75, 3.05) is 25.5 Å². The molecule has 2 aromatic carbocycles. The lowest BCUT2D eigenvalue weighted by molar-refractivity contribution is -0.116. The summed E-state index contributed by atoms with van der Waals surface area (Å²) < 4.78 is 0. The fourth-order valence-electron chi connectivity index (χ4n) is 3.81. The molecule has 3 N–H and O–H groups in total. The van der Waals surface area contributed by atoms with E-state index < -0.39 is 0 Å². The first-order valence-electron chi connectivity index (χ1n) is 9.90. The number of carbonyl (C=O) groups is 1. The number of hydrogen-bond acceptors (Lipinski definition) is 3. The van der Waals surface area contributed by atoms with Gasteiger partial charge < -0.3 is 16.0 Å². The molecule has 2 heterocycles. The van der Waals surface area contributed by atoms with Gasteiger partial charge in [-0.3, -0.25) is 14.8 Å².